The van der Waals surface area contributed by atoms with E-state index in [9.17, 15) is 0 Å². The van der Waals surface area contributed by atoms with Crippen LogP contribution >= 0.6 is 0 Å². The molecule has 0 saturated carbocycles. The molecule has 3 heteroatoms. The number of hydrogen-bond acceptors (Lipinski definition) is 3. The maximum Gasteiger partial charge on any atom is 0.202 e. The highest BCUT2D eigenvalue weighted by Gasteiger charge is 1.77. The summed E-state index contributed by atoms with van der Waals surface area (Å²) in [5, 5.41) is 3.69. The van der Waals surface area contributed by atoms with Gasteiger partial charge in [-0.25, -0.2) is 0 Å². The van der Waals surface area contributed by atoms with Crippen molar-refractivity contribution in [3.8, 4) is 0 Å². The zero-order chi connectivity index (χ0) is 7.70. The first-order valence-electron chi connectivity index (χ1n) is 3.06. The molecule has 56 valence electrons. The van der Waals surface area contributed by atoms with Crippen LogP contribution in [0.4, 0.5) is 0 Å². The van der Waals surface area contributed by atoms with E-state index < -0.39 is 0 Å². The third-order valence-electron chi connectivity index (χ3n) is 0.565. The Morgan fingerprint density at radius 1 is 1.44 bits per heavy atom. The Hall–Kier alpha value is -0.730. The monoisotopic (exact) mass is 132 g/mol. The van der Waals surface area contributed by atoms with Crippen LogP contribution in [0.25, 0.3) is 0 Å². The number of hydrogen-bond donors (Lipinski definition) is 1. The lowest BCUT2D eigenvalue weighted by molar-refractivity contribution is 0.395. The van der Waals surface area contributed by atoms with Crippen LogP contribution in [0.5, 0.6) is 0 Å². The van der Waals surface area contributed by atoms with E-state index in [0.717, 1.165) is 0 Å². The van der Waals surface area contributed by atoms with Crippen molar-refractivity contribution < 1.29 is 4.74 Å². The fraction of sp³-hybridized carbons (Fsp3) is 0.833. The van der Waals surface area contributed by atoms with Gasteiger partial charge in [-0.2, -0.15) is 0 Å². The number of hydrazone groups is 1. The van der Waals surface area contributed by atoms with Crippen molar-refractivity contribution in [3.63, 3.8) is 0 Å². The van der Waals surface area contributed by atoms with Crippen LogP contribution in [0, 0.1) is 0 Å². The van der Waals surface area contributed by atoms with E-state index in [1.54, 1.807) is 21.1 Å². The molecule has 0 aromatic heterocycles. The average molecular weight is 132 g/mol. The molecule has 0 heterocycles. The van der Waals surface area contributed by atoms with Crippen molar-refractivity contribution in [1.29, 1.82) is 0 Å². The molecule has 0 aliphatic rings. The number of nitrogens with one attached hydrogen (secondary N) is 1. The second kappa shape index (κ2) is 10.3. The molecule has 0 unspecified atom stereocenters. The molecule has 0 spiro atoms. The molecule has 0 aromatic carbocycles. The second-order valence-corrected chi connectivity index (χ2v) is 1.06. The second-order valence-electron chi connectivity index (χ2n) is 1.06. The SMILES string of the molecule is CC.CN/N=C(/C)OC. The molecular formula is C6H16N2O. The van der Waals surface area contributed by atoms with Crippen LogP contribution in [-0.2, 0) is 4.74 Å². The molecule has 0 rings (SSSR count). The van der Waals surface area contributed by atoms with Gasteiger partial charge in [-0.15, -0.1) is 5.10 Å². The first kappa shape index (κ1) is 11.1. The standard InChI is InChI=1S/C4H10N2O.C2H6/c1-4(7-3)6-5-2;1-2/h5H,1-3H3;1-2H3/b6-4-;. The Bertz CT molecular complexity index is 71.5. The Kier molecular flexibility index (Phi) is 12.7. The van der Waals surface area contributed by atoms with Gasteiger partial charge in [0.05, 0.1) is 7.11 Å². The third-order valence-corrected chi connectivity index (χ3v) is 0.565. The third kappa shape index (κ3) is 11.1. The quantitative estimate of drug-likeness (QED) is 0.330. The summed E-state index contributed by atoms with van der Waals surface area (Å²) in [6.45, 7) is 5.77. The summed E-state index contributed by atoms with van der Waals surface area (Å²) in [6.07, 6.45) is 0. The summed E-state index contributed by atoms with van der Waals surface area (Å²) in [4.78, 5) is 0. The summed E-state index contributed by atoms with van der Waals surface area (Å²) >= 11 is 0. The number of rotatable bonds is 1. The molecule has 0 amide bonds. The van der Waals surface area contributed by atoms with E-state index >= 15 is 0 Å². The highest BCUT2D eigenvalue weighted by molar-refractivity contribution is 5.72. The Morgan fingerprint density at radius 3 is 2.00 bits per heavy atom. The van der Waals surface area contributed by atoms with Crippen LogP contribution in [0.1, 0.15) is 20.8 Å². The van der Waals surface area contributed by atoms with Crippen LogP contribution < -0.4 is 5.43 Å². The summed E-state index contributed by atoms with van der Waals surface area (Å²) in [6, 6.07) is 0. The van der Waals surface area contributed by atoms with Crippen LogP contribution in [0.3, 0.4) is 0 Å². The molecule has 0 aliphatic carbocycles. The topological polar surface area (TPSA) is 33.6 Å². The molecule has 0 atom stereocenters. The largest absolute Gasteiger partial charge is 0.483 e. The smallest absolute Gasteiger partial charge is 0.202 e. The van der Waals surface area contributed by atoms with Crippen molar-refractivity contribution in [2.24, 2.45) is 5.10 Å². The van der Waals surface area contributed by atoms with Gasteiger partial charge < -0.3 is 10.2 Å². The Labute approximate surface area is 57.1 Å². The van der Waals surface area contributed by atoms with E-state index in [0.29, 0.717) is 5.90 Å². The fourth-order valence-corrected chi connectivity index (χ4v) is 0.203. The van der Waals surface area contributed by atoms with Gasteiger partial charge in [0.1, 0.15) is 0 Å². The van der Waals surface area contributed by atoms with Gasteiger partial charge in [0, 0.05) is 14.0 Å². The number of ether oxygens (including phenoxy) is 1. The number of methoxy groups -OCH3 is 1. The van der Waals surface area contributed by atoms with Crippen molar-refractivity contribution in [1.82, 2.24) is 5.43 Å². The molecule has 9 heavy (non-hydrogen) atoms. The van der Waals surface area contributed by atoms with Crippen molar-refractivity contribution in [2.45, 2.75) is 20.8 Å². The predicted octanol–water partition coefficient (Wildman–Crippen LogP) is 1.21. The molecule has 0 radical (unpaired) electrons. The van der Waals surface area contributed by atoms with E-state index in [-0.39, 0.29) is 0 Å². The summed E-state index contributed by atoms with van der Waals surface area (Å²) in [7, 11) is 3.30. The molecule has 3 nitrogen and oxygen atoms in total. The zero-order valence-electron chi connectivity index (χ0n) is 6.86. The van der Waals surface area contributed by atoms with Crippen molar-refractivity contribution in [2.75, 3.05) is 14.2 Å². The first-order chi connectivity index (χ1) is 4.31. The average Bonchev–Trinajstić information content (AvgIpc) is 1.93. The van der Waals surface area contributed by atoms with Crippen molar-refractivity contribution in [3.05, 3.63) is 0 Å². The lowest BCUT2D eigenvalue weighted by Crippen LogP contribution is -2.02. The van der Waals surface area contributed by atoms with E-state index in [1.807, 2.05) is 13.8 Å². The first-order valence-corrected chi connectivity index (χ1v) is 3.06. The van der Waals surface area contributed by atoms with Gasteiger partial charge in [-0.1, -0.05) is 13.8 Å². The van der Waals surface area contributed by atoms with E-state index in [4.69, 9.17) is 0 Å². The van der Waals surface area contributed by atoms with Crippen LogP contribution in [0.2, 0.25) is 0 Å². The summed E-state index contributed by atoms with van der Waals surface area (Å²) < 4.78 is 4.68. The van der Waals surface area contributed by atoms with Gasteiger partial charge in [0.25, 0.3) is 0 Å². The normalized spacial score (nSPS) is 9.22. The van der Waals surface area contributed by atoms with Gasteiger partial charge >= 0.3 is 0 Å². The Balaban J connectivity index is 0. The lowest BCUT2D eigenvalue weighted by Gasteiger charge is -1.93. The predicted molar refractivity (Wildman–Crippen MR) is 40.5 cm³/mol. The molecule has 0 aliphatic heterocycles. The summed E-state index contributed by atoms with van der Waals surface area (Å²) in [5.41, 5.74) is 2.58. The Morgan fingerprint density at radius 2 is 1.89 bits per heavy atom. The van der Waals surface area contributed by atoms with Gasteiger partial charge in [0.2, 0.25) is 5.90 Å². The molecular weight excluding hydrogens is 116 g/mol. The minimum atomic E-state index is 0.641. The fourth-order valence-electron chi connectivity index (χ4n) is 0.203. The molecule has 0 saturated heterocycles. The van der Waals surface area contributed by atoms with E-state index in [2.05, 4.69) is 15.3 Å². The highest BCUT2D eigenvalue weighted by atomic mass is 16.5. The van der Waals surface area contributed by atoms with Crippen molar-refractivity contribution >= 4 is 5.90 Å². The van der Waals surface area contributed by atoms with Gasteiger partial charge in [0.15, 0.2) is 0 Å². The van der Waals surface area contributed by atoms with E-state index in [1.165, 1.54) is 0 Å². The molecule has 0 bridgehead atoms. The lowest BCUT2D eigenvalue weighted by atomic mass is 10.8. The summed E-state index contributed by atoms with van der Waals surface area (Å²) in [5.74, 6) is 0.641. The van der Waals surface area contributed by atoms with Gasteiger partial charge in [-0.3, -0.25) is 0 Å². The molecule has 0 fully saturated rings. The molecule has 0 aromatic rings. The maximum absolute atomic E-state index is 4.68. The van der Waals surface area contributed by atoms with Crippen LogP contribution in [-0.4, -0.2) is 20.1 Å². The maximum atomic E-state index is 4.68. The number of nitrogens with zero attached hydrogens (tertiary/aromatic N) is 1. The van der Waals surface area contributed by atoms with Gasteiger partial charge in [-0.05, 0) is 0 Å². The highest BCUT2D eigenvalue weighted by Crippen LogP contribution is 1.69. The molecule has 1 N–H and O–H groups in total. The zero-order valence-corrected chi connectivity index (χ0v) is 6.86. The minimum absolute atomic E-state index is 0.641. The van der Waals surface area contributed by atoms with Crippen LogP contribution in [0.15, 0.2) is 5.10 Å². The minimum Gasteiger partial charge on any atom is -0.483 e.